The van der Waals surface area contributed by atoms with Gasteiger partial charge in [-0.25, -0.2) is 0 Å². The van der Waals surface area contributed by atoms with Crippen LogP contribution in [0.3, 0.4) is 0 Å². The first-order valence-corrected chi connectivity index (χ1v) is 8.90. The number of anilines is 1. The summed E-state index contributed by atoms with van der Waals surface area (Å²) < 4.78 is 10.4. The van der Waals surface area contributed by atoms with Gasteiger partial charge < -0.3 is 14.8 Å². The lowest BCUT2D eigenvalue weighted by atomic mass is 9.81. The van der Waals surface area contributed by atoms with Crippen LogP contribution in [-0.2, 0) is 14.4 Å². The molecule has 2 saturated carbocycles. The fraction of sp³-hybridized carbons (Fsp3) is 0.526. The maximum absolute atomic E-state index is 12.7. The zero-order chi connectivity index (χ0) is 18.4. The molecule has 138 valence electrons. The Hall–Kier alpha value is -2.57. The fourth-order valence-corrected chi connectivity index (χ4v) is 4.86. The van der Waals surface area contributed by atoms with Crippen LogP contribution in [-0.4, -0.2) is 43.4 Å². The smallest absolute Gasteiger partial charge is 0.244 e. The molecule has 1 N–H and O–H groups in total. The lowest BCUT2D eigenvalue weighted by molar-refractivity contribution is -0.143. The first-order chi connectivity index (χ1) is 12.5. The van der Waals surface area contributed by atoms with Gasteiger partial charge in [-0.1, -0.05) is 0 Å². The summed E-state index contributed by atoms with van der Waals surface area (Å²) in [5, 5.41) is 2.72. The molecular weight excluding hydrogens is 336 g/mol. The molecule has 3 fully saturated rings. The number of nitrogens with one attached hydrogen (secondary N) is 1. The summed E-state index contributed by atoms with van der Waals surface area (Å²) in [4.78, 5) is 38.9. The molecule has 26 heavy (non-hydrogen) atoms. The van der Waals surface area contributed by atoms with Gasteiger partial charge in [0.25, 0.3) is 0 Å². The van der Waals surface area contributed by atoms with Crippen molar-refractivity contribution in [2.24, 2.45) is 23.7 Å². The molecule has 1 heterocycles. The predicted octanol–water partition coefficient (Wildman–Crippen LogP) is 1.67. The Kier molecular flexibility index (Phi) is 4.09. The minimum absolute atomic E-state index is 0.177. The number of hydrogen-bond donors (Lipinski definition) is 1. The zero-order valence-electron chi connectivity index (χ0n) is 14.9. The molecule has 0 spiro atoms. The summed E-state index contributed by atoms with van der Waals surface area (Å²) >= 11 is 0. The number of nitrogens with zero attached hydrogens (tertiary/aromatic N) is 1. The third kappa shape index (κ3) is 2.53. The van der Waals surface area contributed by atoms with Gasteiger partial charge in [-0.05, 0) is 43.2 Å². The predicted molar refractivity (Wildman–Crippen MR) is 92.7 cm³/mol. The highest BCUT2D eigenvalue weighted by atomic mass is 16.5. The van der Waals surface area contributed by atoms with Crippen LogP contribution in [0.15, 0.2) is 18.2 Å². The van der Waals surface area contributed by atoms with E-state index in [1.807, 2.05) is 0 Å². The molecule has 7 nitrogen and oxygen atoms in total. The van der Waals surface area contributed by atoms with Crippen molar-refractivity contribution in [3.8, 4) is 11.5 Å². The van der Waals surface area contributed by atoms with Crippen LogP contribution in [0.5, 0.6) is 11.5 Å². The molecule has 4 atom stereocenters. The van der Waals surface area contributed by atoms with Crippen LogP contribution < -0.4 is 14.8 Å². The van der Waals surface area contributed by atoms with Crippen molar-refractivity contribution in [2.75, 3.05) is 26.1 Å². The Labute approximate surface area is 151 Å². The van der Waals surface area contributed by atoms with E-state index in [2.05, 4.69) is 5.32 Å². The second-order valence-corrected chi connectivity index (χ2v) is 7.26. The van der Waals surface area contributed by atoms with E-state index in [-0.39, 0.29) is 30.2 Å². The topological polar surface area (TPSA) is 84.9 Å². The number of carbonyl (C=O) groups is 3. The molecule has 4 rings (SSSR count). The highest BCUT2D eigenvalue weighted by molar-refractivity contribution is 6.09. The van der Waals surface area contributed by atoms with Gasteiger partial charge in [0.2, 0.25) is 17.7 Å². The summed E-state index contributed by atoms with van der Waals surface area (Å²) in [7, 11) is 3.04. The lowest BCUT2D eigenvalue weighted by Gasteiger charge is -2.19. The van der Waals surface area contributed by atoms with Crippen molar-refractivity contribution in [3.05, 3.63) is 18.2 Å². The summed E-state index contributed by atoms with van der Waals surface area (Å²) in [5.41, 5.74) is 0.470. The van der Waals surface area contributed by atoms with Gasteiger partial charge in [-0.15, -0.1) is 0 Å². The van der Waals surface area contributed by atoms with E-state index in [1.54, 1.807) is 25.3 Å². The molecule has 3 amide bonds. The summed E-state index contributed by atoms with van der Waals surface area (Å²) in [6, 6.07) is 5.02. The van der Waals surface area contributed by atoms with Crippen molar-refractivity contribution in [1.82, 2.24) is 4.90 Å². The number of ether oxygens (including phenoxy) is 2. The van der Waals surface area contributed by atoms with E-state index < -0.39 is 5.91 Å². The second-order valence-electron chi connectivity index (χ2n) is 7.26. The Balaban J connectivity index is 1.46. The molecule has 1 aromatic carbocycles. The Bertz CT molecular complexity index is 749. The van der Waals surface area contributed by atoms with Gasteiger partial charge in [0, 0.05) is 6.07 Å². The monoisotopic (exact) mass is 358 g/mol. The van der Waals surface area contributed by atoms with Crippen LogP contribution in [0.4, 0.5) is 5.69 Å². The van der Waals surface area contributed by atoms with Crippen molar-refractivity contribution in [2.45, 2.75) is 19.3 Å². The normalized spacial score (nSPS) is 29.1. The number of imide groups is 1. The number of carbonyl (C=O) groups excluding carboxylic acids is 3. The van der Waals surface area contributed by atoms with Crippen LogP contribution in [0.2, 0.25) is 0 Å². The minimum atomic E-state index is -0.414. The Morgan fingerprint density at radius 1 is 1.12 bits per heavy atom. The molecule has 0 aromatic heterocycles. The summed E-state index contributed by atoms with van der Waals surface area (Å²) in [6.45, 7) is -0.251. The number of rotatable bonds is 5. The van der Waals surface area contributed by atoms with Crippen LogP contribution in [0.1, 0.15) is 19.3 Å². The lowest BCUT2D eigenvalue weighted by Crippen LogP contribution is -2.39. The highest BCUT2D eigenvalue weighted by Crippen LogP contribution is 2.56. The SMILES string of the molecule is COc1ccc(NC(=O)CN2C(=O)C3C4CCC(C4)C3C2=O)c(OC)c1. The van der Waals surface area contributed by atoms with Crippen LogP contribution in [0.25, 0.3) is 0 Å². The molecule has 7 heteroatoms. The van der Waals surface area contributed by atoms with Crippen LogP contribution in [0, 0.1) is 23.7 Å². The average molecular weight is 358 g/mol. The largest absolute Gasteiger partial charge is 0.497 e. The molecule has 1 aromatic rings. The van der Waals surface area contributed by atoms with E-state index in [0.29, 0.717) is 29.0 Å². The third-order valence-electron chi connectivity index (χ3n) is 6.00. The fourth-order valence-electron chi connectivity index (χ4n) is 4.86. The molecule has 2 aliphatic carbocycles. The maximum Gasteiger partial charge on any atom is 0.244 e. The van der Waals surface area contributed by atoms with Gasteiger partial charge >= 0.3 is 0 Å². The van der Waals surface area contributed by atoms with Crippen molar-refractivity contribution >= 4 is 23.4 Å². The molecule has 2 bridgehead atoms. The Morgan fingerprint density at radius 2 is 1.77 bits per heavy atom. The first kappa shape index (κ1) is 16.9. The Morgan fingerprint density at radius 3 is 2.35 bits per heavy atom. The van der Waals surface area contributed by atoms with Gasteiger partial charge in [0.1, 0.15) is 18.0 Å². The van der Waals surface area contributed by atoms with Gasteiger partial charge in [0.05, 0.1) is 31.7 Å². The van der Waals surface area contributed by atoms with Crippen molar-refractivity contribution < 1.29 is 23.9 Å². The van der Waals surface area contributed by atoms with E-state index in [0.717, 1.165) is 24.2 Å². The van der Waals surface area contributed by atoms with Crippen molar-refractivity contribution in [3.63, 3.8) is 0 Å². The van der Waals surface area contributed by atoms with E-state index in [1.165, 1.54) is 7.11 Å². The number of fused-ring (bicyclic) bond motifs is 5. The number of benzene rings is 1. The number of methoxy groups -OCH3 is 2. The number of hydrogen-bond acceptors (Lipinski definition) is 5. The molecule has 4 unspecified atom stereocenters. The molecule has 3 aliphatic rings. The third-order valence-corrected chi connectivity index (χ3v) is 6.00. The van der Waals surface area contributed by atoms with E-state index in [9.17, 15) is 14.4 Å². The summed E-state index contributed by atoms with van der Waals surface area (Å²) in [6.07, 6.45) is 3.03. The van der Waals surface area contributed by atoms with Gasteiger partial charge in [0.15, 0.2) is 0 Å². The average Bonchev–Trinajstić information content (AvgIpc) is 3.32. The summed E-state index contributed by atoms with van der Waals surface area (Å²) in [5.74, 6) is 0.511. The second kappa shape index (κ2) is 6.30. The van der Waals surface area contributed by atoms with E-state index in [4.69, 9.17) is 9.47 Å². The molecule has 1 saturated heterocycles. The molecule has 1 aliphatic heterocycles. The number of likely N-dealkylation sites (tertiary alicyclic amines) is 1. The molecular formula is C19H22N2O5. The van der Waals surface area contributed by atoms with Crippen molar-refractivity contribution in [1.29, 1.82) is 0 Å². The van der Waals surface area contributed by atoms with Gasteiger partial charge in [-0.2, -0.15) is 0 Å². The highest BCUT2D eigenvalue weighted by Gasteiger charge is 2.60. The number of amides is 3. The maximum atomic E-state index is 12.7. The quantitative estimate of drug-likeness (QED) is 0.810. The van der Waals surface area contributed by atoms with E-state index >= 15 is 0 Å². The van der Waals surface area contributed by atoms with Crippen LogP contribution >= 0.6 is 0 Å². The standard InChI is InChI=1S/C19H22N2O5/c1-25-12-5-6-13(14(8-12)26-2)20-15(22)9-21-18(23)16-10-3-4-11(7-10)17(16)19(21)24/h5-6,8,10-11,16-17H,3-4,7,9H2,1-2H3,(H,20,22). The first-order valence-electron chi connectivity index (χ1n) is 8.90. The zero-order valence-corrected chi connectivity index (χ0v) is 14.9. The minimum Gasteiger partial charge on any atom is -0.497 e. The van der Waals surface area contributed by atoms with Gasteiger partial charge in [-0.3, -0.25) is 19.3 Å². The molecule has 0 radical (unpaired) electrons.